The molecule has 212 valence electrons. The lowest BCUT2D eigenvalue weighted by atomic mass is 10.1. The molecule has 2 aromatic carbocycles. The highest BCUT2D eigenvalue weighted by molar-refractivity contribution is 7.88. The third-order valence-electron chi connectivity index (χ3n) is 7.42. The van der Waals surface area contributed by atoms with E-state index in [0.717, 1.165) is 40.5 Å². The van der Waals surface area contributed by atoms with Gasteiger partial charge in [-0.3, -0.25) is 9.98 Å². The summed E-state index contributed by atoms with van der Waals surface area (Å²) < 4.78 is 36.1. The van der Waals surface area contributed by atoms with Crippen LogP contribution in [0.4, 0.5) is 11.4 Å². The molecular formula is C29H36N6O4S. The Kier molecular flexibility index (Phi) is 8.22. The Balaban J connectivity index is 1.40. The van der Waals surface area contributed by atoms with E-state index in [0.29, 0.717) is 43.1 Å². The Bertz CT molecular complexity index is 1510. The zero-order valence-corrected chi connectivity index (χ0v) is 24.0. The Labute approximate surface area is 235 Å². The Hall–Kier alpha value is -3.70. The van der Waals surface area contributed by atoms with Crippen LogP contribution in [0.25, 0.3) is 16.6 Å². The highest BCUT2D eigenvalue weighted by Gasteiger charge is 2.27. The van der Waals surface area contributed by atoms with Gasteiger partial charge in [0.25, 0.3) is 0 Å². The number of methoxy groups -OCH3 is 2. The minimum absolute atomic E-state index is 0.0313. The first kappa shape index (κ1) is 27.9. The van der Waals surface area contributed by atoms with Gasteiger partial charge in [0.05, 0.1) is 49.4 Å². The molecule has 1 saturated carbocycles. The number of fused-ring (bicyclic) bond motifs is 1. The third-order valence-corrected chi connectivity index (χ3v) is 8.72. The molecule has 10 nitrogen and oxygen atoms in total. The van der Waals surface area contributed by atoms with Gasteiger partial charge in [0.2, 0.25) is 10.0 Å². The average molecular weight is 565 g/mol. The number of aliphatic imine (C=N–C) groups is 1. The van der Waals surface area contributed by atoms with Crippen LogP contribution in [0.15, 0.2) is 53.8 Å². The summed E-state index contributed by atoms with van der Waals surface area (Å²) in [4.78, 5) is 16.5. The predicted molar refractivity (Wildman–Crippen MR) is 159 cm³/mol. The smallest absolute Gasteiger partial charge is 0.211 e. The molecule has 0 atom stereocenters. The molecule has 1 aliphatic heterocycles. The molecule has 2 aliphatic rings. The highest BCUT2D eigenvalue weighted by Crippen LogP contribution is 2.38. The van der Waals surface area contributed by atoms with E-state index in [4.69, 9.17) is 25.2 Å². The van der Waals surface area contributed by atoms with Crippen molar-refractivity contribution in [3.8, 4) is 11.5 Å². The van der Waals surface area contributed by atoms with Crippen molar-refractivity contribution >= 4 is 44.2 Å². The van der Waals surface area contributed by atoms with E-state index >= 15 is 0 Å². The third kappa shape index (κ3) is 6.53. The zero-order valence-electron chi connectivity index (χ0n) is 23.2. The van der Waals surface area contributed by atoms with E-state index < -0.39 is 10.0 Å². The number of piperidine rings is 1. The van der Waals surface area contributed by atoms with Crippen molar-refractivity contribution in [1.29, 1.82) is 0 Å². The van der Waals surface area contributed by atoms with Gasteiger partial charge < -0.3 is 20.1 Å². The minimum Gasteiger partial charge on any atom is -0.497 e. The summed E-state index contributed by atoms with van der Waals surface area (Å²) >= 11 is 0. The molecule has 1 saturated heterocycles. The highest BCUT2D eigenvalue weighted by atomic mass is 32.2. The van der Waals surface area contributed by atoms with Crippen molar-refractivity contribution < 1.29 is 17.9 Å². The number of hydrogen-bond acceptors (Lipinski definition) is 9. The van der Waals surface area contributed by atoms with Crippen molar-refractivity contribution in [3.05, 3.63) is 54.5 Å². The number of anilines is 2. The van der Waals surface area contributed by atoms with Crippen LogP contribution in [0.1, 0.15) is 31.4 Å². The van der Waals surface area contributed by atoms with Gasteiger partial charge >= 0.3 is 0 Å². The van der Waals surface area contributed by atoms with E-state index in [9.17, 15) is 8.42 Å². The van der Waals surface area contributed by atoms with Gasteiger partial charge in [0.15, 0.2) is 0 Å². The fourth-order valence-electron chi connectivity index (χ4n) is 4.88. The number of rotatable bonds is 10. The first-order valence-corrected chi connectivity index (χ1v) is 15.3. The first-order chi connectivity index (χ1) is 19.3. The van der Waals surface area contributed by atoms with E-state index in [1.165, 1.54) is 29.6 Å². The lowest BCUT2D eigenvalue weighted by Gasteiger charge is -2.28. The van der Waals surface area contributed by atoms with Gasteiger partial charge in [-0.1, -0.05) is 0 Å². The number of allylic oxidation sites excluding steroid dienone is 1. The van der Waals surface area contributed by atoms with Crippen LogP contribution < -0.4 is 20.1 Å². The number of ether oxygens (including phenoxy) is 2. The predicted octanol–water partition coefficient (Wildman–Crippen LogP) is 3.99. The molecule has 0 spiro atoms. The normalized spacial score (nSPS) is 17.4. The lowest BCUT2D eigenvalue weighted by Crippen LogP contribution is -2.38. The van der Waals surface area contributed by atoms with Gasteiger partial charge in [0, 0.05) is 67.2 Å². The van der Waals surface area contributed by atoms with E-state index in [1.54, 1.807) is 26.6 Å². The van der Waals surface area contributed by atoms with Gasteiger partial charge in [-0.25, -0.2) is 17.7 Å². The van der Waals surface area contributed by atoms with Crippen LogP contribution in [0.2, 0.25) is 0 Å². The molecule has 11 heteroatoms. The number of aromatic nitrogens is 2. The fourth-order valence-corrected chi connectivity index (χ4v) is 5.75. The number of nitrogens with two attached hydrogens (primary N) is 1. The Morgan fingerprint density at radius 3 is 2.35 bits per heavy atom. The van der Waals surface area contributed by atoms with Crippen LogP contribution in [-0.4, -0.2) is 75.1 Å². The molecule has 3 aromatic rings. The van der Waals surface area contributed by atoms with Crippen molar-refractivity contribution in [2.24, 2.45) is 16.6 Å². The number of nitrogens with zero attached hydrogens (tertiary/aromatic N) is 5. The second kappa shape index (κ2) is 11.8. The van der Waals surface area contributed by atoms with Crippen LogP contribution >= 0.6 is 0 Å². The first-order valence-electron chi connectivity index (χ1n) is 13.5. The van der Waals surface area contributed by atoms with Crippen LogP contribution in [0.5, 0.6) is 11.5 Å². The summed E-state index contributed by atoms with van der Waals surface area (Å²) in [6.45, 7) is 1.82. The summed E-state index contributed by atoms with van der Waals surface area (Å²) in [5, 5.41) is 0. The van der Waals surface area contributed by atoms with Gasteiger partial charge in [-0.05, 0) is 49.8 Å². The van der Waals surface area contributed by atoms with Crippen molar-refractivity contribution in [2.45, 2.75) is 31.7 Å². The molecule has 2 heterocycles. The lowest BCUT2D eigenvalue weighted by molar-refractivity contribution is 0.323. The number of hydrogen-bond donors (Lipinski definition) is 1. The Morgan fingerprint density at radius 2 is 1.75 bits per heavy atom. The van der Waals surface area contributed by atoms with Crippen LogP contribution in [0, 0.1) is 5.92 Å². The summed E-state index contributed by atoms with van der Waals surface area (Å²) in [6.07, 6.45) is 9.92. The topological polar surface area (TPSA) is 123 Å². The standard InChI is InChI=1S/C29H36N6O4S/c1-38-25-12-24(13-26(15-25)39-2)35(19-20-4-5-20)23-6-7-27-28(14-23)33-29(18-32-27)21(16-30)17-31-22-8-10-34(11-9-22)40(3,36)37/h6-7,12-18,20,22H,4-5,8-11,19,30H2,1-3H3. The second-order valence-electron chi connectivity index (χ2n) is 10.3. The molecule has 1 aromatic heterocycles. The number of sulfonamides is 1. The van der Waals surface area contributed by atoms with E-state index in [1.807, 2.05) is 30.3 Å². The summed E-state index contributed by atoms with van der Waals surface area (Å²) in [6, 6.07) is 12.0. The average Bonchev–Trinajstić information content (AvgIpc) is 3.79. The van der Waals surface area contributed by atoms with Crippen molar-refractivity contribution in [1.82, 2.24) is 14.3 Å². The molecule has 0 amide bonds. The Morgan fingerprint density at radius 1 is 1.05 bits per heavy atom. The van der Waals surface area contributed by atoms with E-state index in [-0.39, 0.29) is 6.04 Å². The SMILES string of the molecule is COc1cc(OC)cc(N(CC2CC2)c2ccc3ncc(C(C=NC4CCN(S(C)(=O)=O)CC4)=CN)nc3c2)c1. The fraction of sp³-hybridized carbons (Fsp3) is 0.414. The molecule has 1 aliphatic carbocycles. The van der Waals surface area contributed by atoms with Gasteiger partial charge in [-0.2, -0.15) is 0 Å². The molecule has 2 N–H and O–H groups in total. The van der Waals surface area contributed by atoms with Crippen LogP contribution in [-0.2, 0) is 10.0 Å². The molecule has 2 fully saturated rings. The summed E-state index contributed by atoms with van der Waals surface area (Å²) in [7, 11) is 0.137. The quantitative estimate of drug-likeness (QED) is 0.367. The maximum absolute atomic E-state index is 11.8. The second-order valence-corrected chi connectivity index (χ2v) is 12.3. The maximum atomic E-state index is 11.8. The molecular weight excluding hydrogens is 528 g/mol. The number of benzene rings is 2. The molecule has 0 radical (unpaired) electrons. The molecule has 40 heavy (non-hydrogen) atoms. The molecule has 5 rings (SSSR count). The summed E-state index contributed by atoms with van der Waals surface area (Å²) in [5.74, 6) is 2.10. The van der Waals surface area contributed by atoms with Gasteiger partial charge in [0.1, 0.15) is 11.5 Å². The minimum atomic E-state index is -3.17. The summed E-state index contributed by atoms with van der Waals surface area (Å²) in [5.41, 5.74) is 10.8. The van der Waals surface area contributed by atoms with Crippen molar-refractivity contribution in [2.75, 3.05) is 45.0 Å². The zero-order chi connectivity index (χ0) is 28.3. The van der Waals surface area contributed by atoms with E-state index in [2.05, 4.69) is 16.0 Å². The molecule has 0 bridgehead atoms. The van der Waals surface area contributed by atoms with Crippen LogP contribution in [0.3, 0.4) is 0 Å². The molecule has 0 unspecified atom stereocenters. The largest absolute Gasteiger partial charge is 0.497 e. The van der Waals surface area contributed by atoms with Gasteiger partial charge in [-0.15, -0.1) is 0 Å². The monoisotopic (exact) mass is 564 g/mol. The maximum Gasteiger partial charge on any atom is 0.211 e. The van der Waals surface area contributed by atoms with Crippen molar-refractivity contribution in [3.63, 3.8) is 0 Å².